The SMILES string of the molecule is C[C@]12CCC3c4ccc(O)cc4/C(=N/OCC(=O)O)CC3C1C[C@@H](O)C2O. The van der Waals surface area contributed by atoms with Crippen LogP contribution < -0.4 is 0 Å². The number of carbonyl (C=O) groups is 1. The fourth-order valence-electron chi connectivity index (χ4n) is 5.65. The first-order valence-electron chi connectivity index (χ1n) is 9.41. The van der Waals surface area contributed by atoms with E-state index in [1.54, 1.807) is 12.1 Å². The largest absolute Gasteiger partial charge is 0.508 e. The van der Waals surface area contributed by atoms with Crippen molar-refractivity contribution in [2.45, 2.75) is 50.7 Å². The molecule has 6 atom stereocenters. The molecule has 7 nitrogen and oxygen atoms in total. The molecule has 1 aromatic rings. The third-order valence-electron chi connectivity index (χ3n) is 6.95. The van der Waals surface area contributed by atoms with Gasteiger partial charge in [0.05, 0.1) is 17.9 Å². The number of aliphatic hydroxyl groups excluding tert-OH is 2. The van der Waals surface area contributed by atoms with E-state index < -0.39 is 24.8 Å². The molecule has 4 rings (SSSR count). The second-order valence-electron chi connectivity index (χ2n) is 8.35. The Morgan fingerprint density at radius 1 is 1.37 bits per heavy atom. The highest BCUT2D eigenvalue weighted by Crippen LogP contribution is 2.61. The number of rotatable bonds is 3. The van der Waals surface area contributed by atoms with Crippen molar-refractivity contribution in [3.63, 3.8) is 0 Å². The number of phenolic OH excluding ortho intramolecular Hbond substituents is 1. The molecule has 146 valence electrons. The lowest BCUT2D eigenvalue weighted by molar-refractivity contribution is -0.142. The zero-order valence-electron chi connectivity index (χ0n) is 15.2. The number of nitrogens with zero attached hydrogens (tertiary/aromatic N) is 1. The van der Waals surface area contributed by atoms with E-state index in [-0.39, 0.29) is 28.9 Å². The van der Waals surface area contributed by atoms with E-state index in [0.717, 1.165) is 24.0 Å². The maximum absolute atomic E-state index is 10.7. The van der Waals surface area contributed by atoms with E-state index in [2.05, 4.69) is 12.1 Å². The van der Waals surface area contributed by atoms with Gasteiger partial charge in [0.2, 0.25) is 6.61 Å². The third kappa shape index (κ3) is 2.89. The topological polar surface area (TPSA) is 120 Å². The summed E-state index contributed by atoms with van der Waals surface area (Å²) in [5.74, 6) is -0.385. The Morgan fingerprint density at radius 2 is 2.15 bits per heavy atom. The van der Waals surface area contributed by atoms with Crippen LogP contribution in [0.2, 0.25) is 0 Å². The maximum Gasteiger partial charge on any atom is 0.344 e. The minimum Gasteiger partial charge on any atom is -0.508 e. The van der Waals surface area contributed by atoms with E-state index in [9.17, 15) is 20.1 Å². The Balaban J connectivity index is 1.73. The van der Waals surface area contributed by atoms with Gasteiger partial charge < -0.3 is 25.3 Å². The monoisotopic (exact) mass is 375 g/mol. The van der Waals surface area contributed by atoms with Crippen LogP contribution in [0.3, 0.4) is 0 Å². The first-order chi connectivity index (χ1) is 12.8. The Kier molecular flexibility index (Phi) is 4.39. The van der Waals surface area contributed by atoms with Crippen molar-refractivity contribution in [3.05, 3.63) is 29.3 Å². The highest BCUT2D eigenvalue weighted by Gasteiger charge is 2.58. The summed E-state index contributed by atoms with van der Waals surface area (Å²) in [6, 6.07) is 5.21. The van der Waals surface area contributed by atoms with Gasteiger partial charge in [0.1, 0.15) is 5.75 Å². The number of aliphatic carboxylic acids is 1. The van der Waals surface area contributed by atoms with E-state index in [1.165, 1.54) is 0 Å². The summed E-state index contributed by atoms with van der Waals surface area (Å²) in [5, 5.41) is 43.6. The van der Waals surface area contributed by atoms with Crippen molar-refractivity contribution in [2.24, 2.45) is 22.4 Å². The highest BCUT2D eigenvalue weighted by molar-refractivity contribution is 6.03. The Labute approximate surface area is 157 Å². The molecule has 3 aliphatic rings. The summed E-state index contributed by atoms with van der Waals surface area (Å²) in [4.78, 5) is 15.7. The smallest absolute Gasteiger partial charge is 0.344 e. The van der Waals surface area contributed by atoms with Gasteiger partial charge in [-0.25, -0.2) is 4.79 Å². The van der Waals surface area contributed by atoms with Gasteiger partial charge in [-0.05, 0) is 66.5 Å². The molecule has 0 spiro atoms. The molecule has 0 heterocycles. The number of aromatic hydroxyl groups is 1. The quantitative estimate of drug-likeness (QED) is 0.599. The summed E-state index contributed by atoms with van der Waals surface area (Å²) in [6.07, 6.45) is 1.40. The van der Waals surface area contributed by atoms with Gasteiger partial charge in [-0.1, -0.05) is 18.1 Å². The van der Waals surface area contributed by atoms with Gasteiger partial charge in [0.25, 0.3) is 0 Å². The Bertz CT molecular complexity index is 793. The fraction of sp³-hybridized carbons (Fsp3) is 0.600. The Hall–Kier alpha value is -2.12. The molecule has 4 N–H and O–H groups in total. The first kappa shape index (κ1) is 18.3. The lowest BCUT2D eigenvalue weighted by Crippen LogP contribution is -2.45. The first-order valence-corrected chi connectivity index (χ1v) is 9.41. The van der Waals surface area contributed by atoms with E-state index in [4.69, 9.17) is 9.94 Å². The van der Waals surface area contributed by atoms with Gasteiger partial charge in [-0.3, -0.25) is 0 Å². The van der Waals surface area contributed by atoms with Crippen molar-refractivity contribution >= 4 is 11.7 Å². The molecule has 27 heavy (non-hydrogen) atoms. The van der Waals surface area contributed by atoms with Crippen LogP contribution in [0.5, 0.6) is 5.75 Å². The molecule has 0 aromatic heterocycles. The molecular formula is C20H25NO6. The molecule has 0 aliphatic heterocycles. The molecule has 4 unspecified atom stereocenters. The molecule has 3 aliphatic carbocycles. The second-order valence-corrected chi connectivity index (χ2v) is 8.35. The number of oxime groups is 1. The van der Waals surface area contributed by atoms with E-state index in [1.807, 2.05) is 6.07 Å². The predicted molar refractivity (Wildman–Crippen MR) is 96.5 cm³/mol. The number of hydrogen-bond donors (Lipinski definition) is 4. The Morgan fingerprint density at radius 3 is 2.89 bits per heavy atom. The van der Waals surface area contributed by atoms with Gasteiger partial charge in [-0.2, -0.15) is 0 Å². The summed E-state index contributed by atoms with van der Waals surface area (Å²) >= 11 is 0. The number of benzene rings is 1. The minimum absolute atomic E-state index is 0.130. The number of aliphatic hydroxyl groups is 2. The molecule has 0 amide bonds. The van der Waals surface area contributed by atoms with Gasteiger partial charge >= 0.3 is 5.97 Å². The maximum atomic E-state index is 10.7. The van der Waals surface area contributed by atoms with Crippen LogP contribution in [0.25, 0.3) is 0 Å². The van der Waals surface area contributed by atoms with Crippen molar-refractivity contribution in [2.75, 3.05) is 6.61 Å². The van der Waals surface area contributed by atoms with E-state index in [0.29, 0.717) is 18.6 Å². The number of hydrogen-bond acceptors (Lipinski definition) is 6. The molecule has 1 aromatic carbocycles. The van der Waals surface area contributed by atoms with Crippen LogP contribution in [0, 0.1) is 17.3 Å². The summed E-state index contributed by atoms with van der Waals surface area (Å²) < 4.78 is 0. The number of carboxylic acids is 1. The minimum atomic E-state index is -1.10. The van der Waals surface area contributed by atoms with Crippen LogP contribution in [0.15, 0.2) is 23.4 Å². The third-order valence-corrected chi connectivity index (χ3v) is 6.95. The molecular weight excluding hydrogens is 350 g/mol. The van der Waals surface area contributed by atoms with Crippen molar-refractivity contribution in [3.8, 4) is 5.75 Å². The van der Waals surface area contributed by atoms with E-state index >= 15 is 0 Å². The van der Waals surface area contributed by atoms with Crippen molar-refractivity contribution in [1.29, 1.82) is 0 Å². The standard InChI is InChI=1S/C20H25NO6/c1-20-5-4-12-11-3-2-10(22)6-14(11)16(21-27-9-18(24)25)7-13(12)15(20)8-17(23)19(20)26/h2-3,6,12-13,15,17,19,22-23,26H,4-5,7-9H2,1H3,(H,24,25)/b21-16+/t12?,13?,15?,17-,19?,20+/m1/s1. The van der Waals surface area contributed by atoms with Gasteiger partial charge in [0, 0.05) is 5.56 Å². The zero-order valence-corrected chi connectivity index (χ0v) is 15.2. The molecule has 2 fully saturated rings. The van der Waals surface area contributed by atoms with Crippen LogP contribution >= 0.6 is 0 Å². The van der Waals surface area contributed by atoms with Crippen LogP contribution in [-0.4, -0.2) is 50.9 Å². The highest BCUT2D eigenvalue weighted by atomic mass is 16.6. The van der Waals surface area contributed by atoms with Crippen LogP contribution in [-0.2, 0) is 9.63 Å². The second kappa shape index (κ2) is 6.49. The average molecular weight is 375 g/mol. The number of fused-ring (bicyclic) bond motifs is 5. The predicted octanol–water partition coefficient (Wildman–Crippen LogP) is 1.84. The normalized spacial score (nSPS) is 38.8. The number of carboxylic acid groups (broad SMARTS) is 1. The molecule has 0 bridgehead atoms. The molecule has 0 radical (unpaired) electrons. The van der Waals surface area contributed by atoms with Gasteiger partial charge in [0.15, 0.2) is 0 Å². The summed E-state index contributed by atoms with van der Waals surface area (Å²) in [7, 11) is 0. The van der Waals surface area contributed by atoms with Gasteiger partial charge in [-0.15, -0.1) is 0 Å². The molecule has 0 saturated heterocycles. The zero-order chi connectivity index (χ0) is 19.3. The lowest BCUT2D eigenvalue weighted by atomic mass is 9.55. The fourth-order valence-corrected chi connectivity index (χ4v) is 5.65. The molecule has 7 heteroatoms. The number of phenols is 1. The average Bonchev–Trinajstić information content (AvgIpc) is 2.85. The lowest BCUT2D eigenvalue weighted by Gasteiger charge is -2.49. The van der Waals surface area contributed by atoms with Crippen LogP contribution in [0.4, 0.5) is 0 Å². The molecule has 2 saturated carbocycles. The summed E-state index contributed by atoms with van der Waals surface area (Å²) in [5.41, 5.74) is 2.15. The van der Waals surface area contributed by atoms with Crippen molar-refractivity contribution < 1.29 is 30.1 Å². The van der Waals surface area contributed by atoms with Crippen molar-refractivity contribution in [1.82, 2.24) is 0 Å². The van der Waals surface area contributed by atoms with Crippen LogP contribution in [0.1, 0.15) is 49.7 Å². The summed E-state index contributed by atoms with van der Waals surface area (Å²) in [6.45, 7) is 1.53.